The summed E-state index contributed by atoms with van der Waals surface area (Å²) in [6.45, 7) is 2.27. The zero-order chi connectivity index (χ0) is 8.93. The lowest BCUT2D eigenvalue weighted by Gasteiger charge is -2.24. The highest BCUT2D eigenvalue weighted by atomic mass is 15.0. The molecule has 1 fully saturated rings. The molecule has 13 heavy (non-hydrogen) atoms. The second kappa shape index (κ2) is 4.28. The maximum absolute atomic E-state index is 3.52. The average Bonchev–Trinajstić information content (AvgIpc) is 2.21. The van der Waals surface area contributed by atoms with Gasteiger partial charge in [0, 0.05) is 11.7 Å². The second-order valence-electron chi connectivity index (χ2n) is 3.46. The number of nitrogens with one attached hydrogen (secondary N) is 2. The molecule has 2 N–H and O–H groups in total. The van der Waals surface area contributed by atoms with Crippen molar-refractivity contribution in [3.8, 4) is 0 Å². The van der Waals surface area contributed by atoms with Crippen molar-refractivity contribution in [2.75, 3.05) is 18.4 Å². The van der Waals surface area contributed by atoms with Crippen molar-refractivity contribution >= 4 is 5.69 Å². The Balaban J connectivity index is 1.90. The monoisotopic (exact) mass is 175 g/mol. The van der Waals surface area contributed by atoms with E-state index >= 15 is 0 Å². The molecule has 0 saturated carbocycles. The summed E-state index contributed by atoms with van der Waals surface area (Å²) in [5, 5.41) is 6.88. The first kappa shape index (κ1) is 8.57. The van der Waals surface area contributed by atoms with Gasteiger partial charge in [-0.1, -0.05) is 12.1 Å². The fourth-order valence-electron chi connectivity index (χ4n) is 1.69. The molecule has 1 aromatic carbocycles. The number of rotatable bonds is 2. The normalized spacial score (nSPS) is 18.5. The Morgan fingerprint density at radius 1 is 1.23 bits per heavy atom. The van der Waals surface area contributed by atoms with Crippen LogP contribution < -0.4 is 10.6 Å². The fraction of sp³-hybridized carbons (Fsp3) is 0.455. The van der Waals surface area contributed by atoms with Gasteiger partial charge in [0.25, 0.3) is 0 Å². The standard InChI is InChI=1S/C11H15N2/c1-2-4-10(5-3-1)13-11-6-8-12-9-7-11/h2-5,11-13H,6-9H2. The van der Waals surface area contributed by atoms with Gasteiger partial charge in [-0.15, -0.1) is 0 Å². The zero-order valence-electron chi connectivity index (χ0n) is 7.72. The van der Waals surface area contributed by atoms with E-state index in [1.54, 1.807) is 0 Å². The van der Waals surface area contributed by atoms with Crippen LogP contribution in [0.25, 0.3) is 0 Å². The number of benzene rings is 1. The summed E-state index contributed by atoms with van der Waals surface area (Å²) in [7, 11) is 0. The first-order valence-corrected chi connectivity index (χ1v) is 4.88. The Morgan fingerprint density at radius 3 is 2.62 bits per heavy atom. The third-order valence-electron chi connectivity index (χ3n) is 2.43. The lowest BCUT2D eigenvalue weighted by Crippen LogP contribution is -2.35. The van der Waals surface area contributed by atoms with Crippen molar-refractivity contribution in [2.24, 2.45) is 0 Å². The van der Waals surface area contributed by atoms with Gasteiger partial charge in [0.2, 0.25) is 0 Å². The van der Waals surface area contributed by atoms with E-state index in [2.05, 4.69) is 28.8 Å². The summed E-state index contributed by atoms with van der Waals surface area (Å²) in [4.78, 5) is 0. The van der Waals surface area contributed by atoms with E-state index in [0.29, 0.717) is 6.04 Å². The highest BCUT2D eigenvalue weighted by Gasteiger charge is 2.11. The molecule has 0 bridgehead atoms. The summed E-state index contributed by atoms with van der Waals surface area (Å²) < 4.78 is 0. The number of anilines is 1. The first-order valence-electron chi connectivity index (χ1n) is 4.88. The van der Waals surface area contributed by atoms with E-state index in [1.807, 2.05) is 12.1 Å². The molecular weight excluding hydrogens is 160 g/mol. The van der Waals surface area contributed by atoms with Crippen molar-refractivity contribution in [3.63, 3.8) is 0 Å². The van der Waals surface area contributed by atoms with Crippen molar-refractivity contribution in [1.29, 1.82) is 0 Å². The van der Waals surface area contributed by atoms with E-state index in [-0.39, 0.29) is 0 Å². The molecule has 2 heteroatoms. The Morgan fingerprint density at radius 2 is 1.92 bits per heavy atom. The molecule has 1 aliphatic heterocycles. The van der Waals surface area contributed by atoms with Crippen LogP contribution in [-0.2, 0) is 0 Å². The van der Waals surface area contributed by atoms with Gasteiger partial charge >= 0.3 is 0 Å². The number of piperidine rings is 1. The minimum atomic E-state index is 0.642. The summed E-state index contributed by atoms with van der Waals surface area (Å²) in [5.41, 5.74) is 1.21. The topological polar surface area (TPSA) is 24.1 Å². The van der Waals surface area contributed by atoms with Gasteiger partial charge in [-0.3, -0.25) is 0 Å². The lowest BCUT2D eigenvalue weighted by molar-refractivity contribution is 0.479. The van der Waals surface area contributed by atoms with E-state index in [4.69, 9.17) is 0 Å². The second-order valence-corrected chi connectivity index (χ2v) is 3.46. The maximum atomic E-state index is 3.52. The molecule has 0 aromatic heterocycles. The van der Waals surface area contributed by atoms with Crippen LogP contribution in [0.15, 0.2) is 24.3 Å². The summed E-state index contributed by atoms with van der Waals surface area (Å²) in [6, 6.07) is 11.7. The van der Waals surface area contributed by atoms with Crippen molar-refractivity contribution in [1.82, 2.24) is 5.32 Å². The molecule has 0 aliphatic carbocycles. The van der Waals surface area contributed by atoms with Crippen molar-refractivity contribution in [2.45, 2.75) is 18.9 Å². The van der Waals surface area contributed by atoms with E-state index in [0.717, 1.165) is 13.1 Å². The van der Waals surface area contributed by atoms with Gasteiger partial charge in [0.1, 0.15) is 0 Å². The van der Waals surface area contributed by atoms with Crippen LogP contribution in [0.2, 0.25) is 0 Å². The third-order valence-corrected chi connectivity index (χ3v) is 2.43. The van der Waals surface area contributed by atoms with Crippen LogP contribution in [0.5, 0.6) is 0 Å². The predicted molar refractivity (Wildman–Crippen MR) is 54.8 cm³/mol. The summed E-state index contributed by atoms with van der Waals surface area (Å²) in [5.74, 6) is 0. The quantitative estimate of drug-likeness (QED) is 0.714. The predicted octanol–water partition coefficient (Wildman–Crippen LogP) is 1.65. The van der Waals surface area contributed by atoms with Gasteiger partial charge in [-0.25, -0.2) is 0 Å². The van der Waals surface area contributed by atoms with Crippen LogP contribution >= 0.6 is 0 Å². The maximum Gasteiger partial charge on any atom is 0.0342 e. The summed E-state index contributed by atoms with van der Waals surface area (Å²) >= 11 is 0. The SMILES string of the molecule is [c]1ccc(NC2CCNCC2)cc1. The minimum Gasteiger partial charge on any atom is -0.382 e. The van der Waals surface area contributed by atoms with Gasteiger partial charge in [0.15, 0.2) is 0 Å². The Hall–Kier alpha value is -1.02. The third kappa shape index (κ3) is 2.46. The van der Waals surface area contributed by atoms with Crippen LogP contribution in [0.1, 0.15) is 12.8 Å². The van der Waals surface area contributed by atoms with E-state index < -0.39 is 0 Å². The van der Waals surface area contributed by atoms with Crippen LogP contribution in [0.3, 0.4) is 0 Å². The largest absolute Gasteiger partial charge is 0.382 e. The number of hydrogen-bond donors (Lipinski definition) is 2. The molecule has 2 nitrogen and oxygen atoms in total. The molecule has 1 radical (unpaired) electrons. The molecule has 0 amide bonds. The summed E-state index contributed by atoms with van der Waals surface area (Å²) in [6.07, 6.45) is 2.44. The molecule has 2 rings (SSSR count). The van der Waals surface area contributed by atoms with E-state index in [1.165, 1.54) is 18.5 Å². The minimum absolute atomic E-state index is 0.642. The van der Waals surface area contributed by atoms with Gasteiger partial charge in [-0.05, 0) is 44.1 Å². The van der Waals surface area contributed by atoms with Gasteiger partial charge in [-0.2, -0.15) is 0 Å². The van der Waals surface area contributed by atoms with Crippen LogP contribution in [0.4, 0.5) is 5.69 Å². The molecular formula is C11H15N2. The van der Waals surface area contributed by atoms with Crippen molar-refractivity contribution in [3.05, 3.63) is 30.3 Å². The van der Waals surface area contributed by atoms with Crippen LogP contribution in [-0.4, -0.2) is 19.1 Å². The Labute approximate surface area is 79.4 Å². The molecule has 0 atom stereocenters. The molecule has 1 aliphatic rings. The van der Waals surface area contributed by atoms with Crippen LogP contribution in [0, 0.1) is 6.07 Å². The highest BCUT2D eigenvalue weighted by molar-refractivity contribution is 5.43. The molecule has 69 valence electrons. The zero-order valence-corrected chi connectivity index (χ0v) is 7.72. The van der Waals surface area contributed by atoms with Gasteiger partial charge in [0.05, 0.1) is 0 Å². The van der Waals surface area contributed by atoms with Crippen molar-refractivity contribution < 1.29 is 0 Å². The van der Waals surface area contributed by atoms with Gasteiger partial charge < -0.3 is 10.6 Å². The smallest absolute Gasteiger partial charge is 0.0342 e. The highest BCUT2D eigenvalue weighted by Crippen LogP contribution is 2.11. The molecule has 1 aromatic rings. The van der Waals surface area contributed by atoms with E-state index in [9.17, 15) is 0 Å². The lowest BCUT2D eigenvalue weighted by atomic mass is 10.1. The first-order chi connectivity index (χ1) is 6.45. The Bertz CT molecular complexity index is 240. The fourth-order valence-corrected chi connectivity index (χ4v) is 1.69. The number of hydrogen-bond acceptors (Lipinski definition) is 2. The average molecular weight is 175 g/mol. The molecule has 1 saturated heterocycles. The Kier molecular flexibility index (Phi) is 2.82. The molecule has 1 heterocycles. The molecule has 0 unspecified atom stereocenters. The molecule has 0 spiro atoms.